The molecule has 0 spiro atoms. The molecule has 0 aliphatic carbocycles. The maximum absolute atomic E-state index is 14.1. The second kappa shape index (κ2) is 8.35. The lowest BCUT2D eigenvalue weighted by Gasteiger charge is -2.41. The molecule has 2 aromatic heterocycles. The fourth-order valence-corrected chi connectivity index (χ4v) is 5.74. The van der Waals surface area contributed by atoms with Crippen molar-refractivity contribution in [2.45, 2.75) is 37.3 Å². The number of nitrogens with one attached hydrogen (secondary N) is 1. The van der Waals surface area contributed by atoms with Crippen molar-refractivity contribution in [3.63, 3.8) is 0 Å². The van der Waals surface area contributed by atoms with Crippen molar-refractivity contribution < 1.29 is 4.79 Å². The van der Waals surface area contributed by atoms with E-state index in [2.05, 4.69) is 49.0 Å². The molecule has 1 amide bonds. The molecule has 2 fully saturated rings. The van der Waals surface area contributed by atoms with Crippen LogP contribution in [0.1, 0.15) is 36.3 Å². The first-order valence-electron chi connectivity index (χ1n) is 11.8. The second-order valence-corrected chi connectivity index (χ2v) is 8.98. The normalized spacial score (nSPS) is 20.4. The van der Waals surface area contributed by atoms with E-state index in [1.807, 2.05) is 48.7 Å². The molecule has 0 bridgehead atoms. The molecule has 33 heavy (non-hydrogen) atoms. The molecule has 0 saturated carbocycles. The van der Waals surface area contributed by atoms with E-state index in [4.69, 9.17) is 0 Å². The molecule has 2 aromatic carbocycles. The molecule has 0 unspecified atom stereocenters. The molecule has 6 nitrogen and oxygen atoms in total. The van der Waals surface area contributed by atoms with Gasteiger partial charge < -0.3 is 14.8 Å². The Bertz CT molecular complexity index is 1220. The summed E-state index contributed by atoms with van der Waals surface area (Å²) in [6.07, 6.45) is 6.58. The van der Waals surface area contributed by atoms with Gasteiger partial charge in [0.25, 0.3) is 0 Å². The molecule has 6 heteroatoms. The summed E-state index contributed by atoms with van der Waals surface area (Å²) in [6, 6.07) is 22.9. The van der Waals surface area contributed by atoms with Crippen molar-refractivity contribution in [2.75, 3.05) is 18.0 Å². The molecule has 6 rings (SSSR count). The average Bonchev–Trinajstić information content (AvgIpc) is 3.52. The number of rotatable bonds is 4. The van der Waals surface area contributed by atoms with Crippen LogP contribution in [0.3, 0.4) is 0 Å². The Balaban J connectivity index is 1.33. The third-order valence-corrected chi connectivity index (χ3v) is 7.21. The number of aromatic nitrogens is 3. The number of aromatic amines is 1. The summed E-state index contributed by atoms with van der Waals surface area (Å²) in [6.45, 7) is 1.71. The number of piperidine rings is 1. The highest BCUT2D eigenvalue weighted by Crippen LogP contribution is 2.38. The highest BCUT2D eigenvalue weighted by atomic mass is 16.2. The zero-order valence-electron chi connectivity index (χ0n) is 18.5. The number of anilines is 1. The van der Waals surface area contributed by atoms with E-state index in [0.717, 1.165) is 60.3 Å². The largest absolute Gasteiger partial charge is 0.351 e. The monoisotopic (exact) mass is 437 g/mol. The van der Waals surface area contributed by atoms with Crippen molar-refractivity contribution in [2.24, 2.45) is 0 Å². The van der Waals surface area contributed by atoms with E-state index in [0.29, 0.717) is 0 Å². The van der Waals surface area contributed by atoms with Gasteiger partial charge in [0, 0.05) is 19.3 Å². The van der Waals surface area contributed by atoms with Gasteiger partial charge in [-0.2, -0.15) is 0 Å². The van der Waals surface area contributed by atoms with Crippen LogP contribution in [0.5, 0.6) is 0 Å². The lowest BCUT2D eigenvalue weighted by atomic mass is 9.87. The van der Waals surface area contributed by atoms with Gasteiger partial charge in [0.1, 0.15) is 17.8 Å². The van der Waals surface area contributed by atoms with Gasteiger partial charge in [0.15, 0.2) is 0 Å². The fourth-order valence-electron chi connectivity index (χ4n) is 5.74. The van der Waals surface area contributed by atoms with Crippen LogP contribution in [0.4, 0.5) is 5.82 Å². The van der Waals surface area contributed by atoms with E-state index >= 15 is 0 Å². The minimum Gasteiger partial charge on any atom is -0.351 e. The summed E-state index contributed by atoms with van der Waals surface area (Å²) < 4.78 is 0. The standard InChI is InChI=1S/C27H27N5O/c33-27(24(19-8-3-1-4-9-19)20-10-5-2-6-11-20)32-16-7-12-22-23(32)14-17-31(22)26-21-13-15-28-25(21)29-18-30-26/h1-6,8-11,13,15,18,22-24H,7,12,14,16-17H2,(H,28,29,30)/t22-,23-/m1/s1. The van der Waals surface area contributed by atoms with Gasteiger partial charge in [0.05, 0.1) is 23.4 Å². The predicted octanol–water partition coefficient (Wildman–Crippen LogP) is 4.36. The molecule has 2 aliphatic rings. The first-order valence-corrected chi connectivity index (χ1v) is 11.8. The molecule has 2 atom stereocenters. The van der Waals surface area contributed by atoms with Crippen molar-refractivity contribution >= 4 is 22.8 Å². The second-order valence-electron chi connectivity index (χ2n) is 8.98. The molecule has 166 valence electrons. The summed E-state index contributed by atoms with van der Waals surface area (Å²) in [5.41, 5.74) is 2.96. The Morgan fingerprint density at radius 3 is 2.33 bits per heavy atom. The van der Waals surface area contributed by atoms with Crippen LogP contribution in [0.15, 0.2) is 79.3 Å². The number of benzene rings is 2. The third-order valence-electron chi connectivity index (χ3n) is 7.21. The molecule has 2 aliphatic heterocycles. The van der Waals surface area contributed by atoms with E-state index in [-0.39, 0.29) is 23.9 Å². The van der Waals surface area contributed by atoms with Gasteiger partial charge in [-0.1, -0.05) is 60.7 Å². The Morgan fingerprint density at radius 2 is 1.61 bits per heavy atom. The molecular weight excluding hydrogens is 410 g/mol. The maximum Gasteiger partial charge on any atom is 0.234 e. The van der Waals surface area contributed by atoms with E-state index in [9.17, 15) is 4.79 Å². The van der Waals surface area contributed by atoms with E-state index in [1.54, 1.807) is 6.33 Å². The number of fused-ring (bicyclic) bond motifs is 2. The molecule has 1 N–H and O–H groups in total. The minimum atomic E-state index is -0.282. The summed E-state index contributed by atoms with van der Waals surface area (Å²) in [5, 5.41) is 1.05. The number of nitrogens with zero attached hydrogens (tertiary/aromatic N) is 4. The summed E-state index contributed by atoms with van der Waals surface area (Å²) in [4.78, 5) is 30.9. The highest BCUT2D eigenvalue weighted by Gasteiger charge is 2.44. The first-order chi connectivity index (χ1) is 16.3. The van der Waals surface area contributed by atoms with Gasteiger partial charge in [-0.15, -0.1) is 0 Å². The Labute approximate surface area is 193 Å². The van der Waals surface area contributed by atoms with Crippen LogP contribution in [0, 0.1) is 0 Å². The number of likely N-dealkylation sites (tertiary alicyclic amines) is 1. The fraction of sp³-hybridized carbons (Fsp3) is 0.296. The number of hydrogen-bond donors (Lipinski definition) is 1. The van der Waals surface area contributed by atoms with Crippen molar-refractivity contribution in [3.05, 3.63) is 90.4 Å². The molecule has 2 saturated heterocycles. The number of carbonyl (C=O) groups is 1. The van der Waals surface area contributed by atoms with Crippen LogP contribution < -0.4 is 4.90 Å². The molecule has 0 radical (unpaired) electrons. The topological polar surface area (TPSA) is 65.1 Å². The SMILES string of the molecule is O=C(C(c1ccccc1)c1ccccc1)N1CCC[C@@H]2[C@H]1CCN2c1ncnc2[nH]ccc12. The summed E-state index contributed by atoms with van der Waals surface area (Å²) in [5.74, 6) is 0.903. The zero-order chi connectivity index (χ0) is 22.2. The molecular formula is C27H27N5O. The number of hydrogen-bond acceptors (Lipinski definition) is 4. The lowest BCUT2D eigenvalue weighted by molar-refractivity contribution is -0.135. The zero-order valence-corrected chi connectivity index (χ0v) is 18.5. The predicted molar refractivity (Wildman–Crippen MR) is 129 cm³/mol. The maximum atomic E-state index is 14.1. The van der Waals surface area contributed by atoms with Crippen molar-refractivity contribution in [3.8, 4) is 0 Å². The molecule has 4 heterocycles. The van der Waals surface area contributed by atoms with Gasteiger partial charge >= 0.3 is 0 Å². The number of H-pyrrole nitrogens is 1. The van der Waals surface area contributed by atoms with Crippen molar-refractivity contribution in [1.82, 2.24) is 19.9 Å². The average molecular weight is 438 g/mol. The van der Waals surface area contributed by atoms with Gasteiger partial charge in [-0.25, -0.2) is 9.97 Å². The van der Waals surface area contributed by atoms with Gasteiger partial charge in [-0.3, -0.25) is 4.79 Å². The Morgan fingerprint density at radius 1 is 0.879 bits per heavy atom. The molecule has 4 aromatic rings. The van der Waals surface area contributed by atoms with E-state index in [1.165, 1.54) is 0 Å². The van der Waals surface area contributed by atoms with Crippen LogP contribution in [-0.2, 0) is 4.79 Å². The van der Waals surface area contributed by atoms with Gasteiger partial charge in [0.2, 0.25) is 5.91 Å². The summed E-state index contributed by atoms with van der Waals surface area (Å²) in [7, 11) is 0. The quantitative estimate of drug-likeness (QED) is 0.515. The smallest absolute Gasteiger partial charge is 0.234 e. The summed E-state index contributed by atoms with van der Waals surface area (Å²) >= 11 is 0. The van der Waals surface area contributed by atoms with Gasteiger partial charge in [-0.05, 0) is 36.5 Å². The van der Waals surface area contributed by atoms with Crippen LogP contribution in [0.25, 0.3) is 11.0 Å². The van der Waals surface area contributed by atoms with Crippen LogP contribution in [-0.4, -0.2) is 50.9 Å². The van der Waals surface area contributed by atoms with E-state index < -0.39 is 0 Å². The Kier molecular flexibility index (Phi) is 5.06. The Hall–Kier alpha value is -3.67. The van der Waals surface area contributed by atoms with Crippen LogP contribution >= 0.6 is 0 Å². The first kappa shape index (κ1) is 20.0. The van der Waals surface area contributed by atoms with Crippen molar-refractivity contribution in [1.29, 1.82) is 0 Å². The third kappa shape index (κ3) is 3.46. The number of carbonyl (C=O) groups excluding carboxylic acids is 1. The highest BCUT2D eigenvalue weighted by molar-refractivity contribution is 5.89. The lowest BCUT2D eigenvalue weighted by Crippen LogP contribution is -2.53. The minimum absolute atomic E-state index is 0.199. The van der Waals surface area contributed by atoms with Crippen LogP contribution in [0.2, 0.25) is 0 Å². The number of amides is 1.